The zero-order valence-corrected chi connectivity index (χ0v) is 11.6. The van der Waals surface area contributed by atoms with E-state index in [9.17, 15) is 4.79 Å². The van der Waals surface area contributed by atoms with E-state index in [1.807, 2.05) is 35.7 Å². The fraction of sp³-hybridized carbons (Fsp3) is 0.200. The summed E-state index contributed by atoms with van der Waals surface area (Å²) in [6.45, 7) is 1.66. The minimum atomic E-state index is 0.0521. The van der Waals surface area contributed by atoms with Crippen molar-refractivity contribution in [3.63, 3.8) is 0 Å². The van der Waals surface area contributed by atoms with Gasteiger partial charge >= 0.3 is 0 Å². The zero-order valence-electron chi connectivity index (χ0n) is 10.8. The third-order valence-corrected chi connectivity index (χ3v) is 4.47. The van der Waals surface area contributed by atoms with Crippen LogP contribution in [0.25, 0.3) is 11.0 Å². The summed E-state index contributed by atoms with van der Waals surface area (Å²) in [5.41, 5.74) is 2.06. The second kappa shape index (κ2) is 4.45. The molecule has 100 valence electrons. The molecule has 1 aliphatic rings. The molecule has 0 aliphatic carbocycles. The number of anilines is 1. The number of rotatable bonds is 1. The minimum Gasteiger partial charge on any atom is -0.310 e. The lowest BCUT2D eigenvalue weighted by molar-refractivity contribution is 0.0985. The molecular weight excluding hydrogens is 270 g/mol. The molecule has 0 bridgehead atoms. The van der Waals surface area contributed by atoms with E-state index in [0.29, 0.717) is 0 Å². The molecule has 1 aromatic carbocycles. The Kier molecular flexibility index (Phi) is 2.60. The molecule has 2 aromatic heterocycles. The van der Waals surface area contributed by atoms with Crippen molar-refractivity contribution in [3.8, 4) is 0 Å². The number of benzene rings is 1. The molecule has 1 aliphatic heterocycles. The van der Waals surface area contributed by atoms with Crippen molar-refractivity contribution in [2.45, 2.75) is 13.0 Å². The van der Waals surface area contributed by atoms with E-state index in [2.05, 4.69) is 15.6 Å². The monoisotopic (exact) mass is 283 g/mol. The molecule has 0 N–H and O–H groups in total. The summed E-state index contributed by atoms with van der Waals surface area (Å²) in [5, 5.41) is 1.93. The number of thiophene rings is 1. The van der Waals surface area contributed by atoms with E-state index in [-0.39, 0.29) is 5.91 Å². The average Bonchev–Trinajstić information content (AvgIpc) is 3.13. The van der Waals surface area contributed by atoms with Crippen LogP contribution in [0.1, 0.15) is 16.1 Å². The van der Waals surface area contributed by atoms with Gasteiger partial charge in [0.25, 0.3) is 5.91 Å². The van der Waals surface area contributed by atoms with E-state index < -0.39 is 0 Å². The van der Waals surface area contributed by atoms with Crippen LogP contribution in [0.5, 0.6) is 0 Å². The van der Waals surface area contributed by atoms with Gasteiger partial charge in [0, 0.05) is 13.1 Å². The Morgan fingerprint density at radius 1 is 1.15 bits per heavy atom. The highest BCUT2D eigenvalue weighted by Crippen LogP contribution is 2.28. The molecule has 0 unspecified atom stereocenters. The topological polar surface area (TPSA) is 38.1 Å². The third-order valence-electron chi connectivity index (χ3n) is 3.62. The fourth-order valence-corrected chi connectivity index (χ4v) is 3.37. The van der Waals surface area contributed by atoms with Crippen molar-refractivity contribution in [1.82, 2.24) is 9.55 Å². The van der Waals surface area contributed by atoms with Crippen LogP contribution in [-0.2, 0) is 6.54 Å². The molecular formula is C15H13N3OS. The summed E-state index contributed by atoms with van der Waals surface area (Å²) >= 11 is 1.48. The maximum Gasteiger partial charge on any atom is 0.270 e. The summed E-state index contributed by atoms with van der Waals surface area (Å²) in [7, 11) is 0. The largest absolute Gasteiger partial charge is 0.310 e. The van der Waals surface area contributed by atoms with Crippen molar-refractivity contribution in [2.75, 3.05) is 11.4 Å². The van der Waals surface area contributed by atoms with Crippen LogP contribution in [0.3, 0.4) is 0 Å². The predicted octanol–water partition coefficient (Wildman–Crippen LogP) is 3.15. The molecule has 4 nitrogen and oxygen atoms in total. The highest BCUT2D eigenvalue weighted by molar-refractivity contribution is 7.12. The SMILES string of the molecule is O=C(c1cccs1)N1CCCn2c1nc1ccccc12. The molecule has 5 heteroatoms. The van der Waals surface area contributed by atoms with Gasteiger partial charge in [-0.1, -0.05) is 18.2 Å². The number of para-hydroxylation sites is 2. The second-order valence-electron chi connectivity index (χ2n) is 4.84. The lowest BCUT2D eigenvalue weighted by Gasteiger charge is -2.27. The fourth-order valence-electron chi connectivity index (χ4n) is 2.70. The summed E-state index contributed by atoms with van der Waals surface area (Å²) in [6.07, 6.45) is 0.963. The maximum atomic E-state index is 12.6. The molecule has 3 aromatic rings. The number of nitrogens with zero attached hydrogens (tertiary/aromatic N) is 3. The first-order valence-corrected chi connectivity index (χ1v) is 7.53. The number of carbonyl (C=O) groups is 1. The van der Waals surface area contributed by atoms with E-state index in [1.54, 1.807) is 4.90 Å². The number of aryl methyl sites for hydroxylation is 1. The Hall–Kier alpha value is -2.14. The van der Waals surface area contributed by atoms with Gasteiger partial charge in [-0.2, -0.15) is 0 Å². The number of hydrogen-bond acceptors (Lipinski definition) is 3. The number of carbonyl (C=O) groups excluding carboxylic acids is 1. The van der Waals surface area contributed by atoms with Gasteiger partial charge in [0.1, 0.15) is 0 Å². The first-order valence-electron chi connectivity index (χ1n) is 6.65. The van der Waals surface area contributed by atoms with Crippen LogP contribution in [0.4, 0.5) is 5.95 Å². The van der Waals surface area contributed by atoms with Crippen molar-refractivity contribution in [1.29, 1.82) is 0 Å². The smallest absolute Gasteiger partial charge is 0.270 e. The van der Waals surface area contributed by atoms with Gasteiger partial charge in [-0.3, -0.25) is 9.69 Å². The Bertz CT molecular complexity index is 776. The van der Waals surface area contributed by atoms with Gasteiger partial charge in [0.05, 0.1) is 15.9 Å². The quantitative estimate of drug-likeness (QED) is 0.688. The average molecular weight is 283 g/mol. The molecule has 0 saturated carbocycles. The Morgan fingerprint density at radius 3 is 2.90 bits per heavy atom. The first kappa shape index (κ1) is 11.7. The molecule has 4 rings (SSSR count). The summed E-state index contributed by atoms with van der Waals surface area (Å²) in [6, 6.07) is 11.8. The lowest BCUT2D eigenvalue weighted by atomic mass is 10.3. The number of hydrogen-bond donors (Lipinski definition) is 0. The molecule has 0 radical (unpaired) electrons. The predicted molar refractivity (Wildman–Crippen MR) is 80.3 cm³/mol. The summed E-state index contributed by atoms with van der Waals surface area (Å²) in [4.78, 5) is 19.8. The van der Waals surface area contributed by atoms with E-state index in [0.717, 1.165) is 41.4 Å². The van der Waals surface area contributed by atoms with Gasteiger partial charge in [-0.25, -0.2) is 4.98 Å². The number of amides is 1. The van der Waals surface area contributed by atoms with Crippen LogP contribution in [0, 0.1) is 0 Å². The van der Waals surface area contributed by atoms with Crippen molar-refractivity contribution in [3.05, 3.63) is 46.7 Å². The minimum absolute atomic E-state index is 0.0521. The van der Waals surface area contributed by atoms with Gasteiger partial charge in [-0.05, 0) is 30.0 Å². The maximum absolute atomic E-state index is 12.6. The third kappa shape index (κ3) is 1.67. The van der Waals surface area contributed by atoms with Crippen molar-refractivity contribution < 1.29 is 4.79 Å². The van der Waals surface area contributed by atoms with Gasteiger partial charge in [0.2, 0.25) is 5.95 Å². The van der Waals surface area contributed by atoms with Crippen molar-refractivity contribution in [2.24, 2.45) is 0 Å². The lowest BCUT2D eigenvalue weighted by Crippen LogP contribution is -2.37. The Balaban J connectivity index is 1.84. The molecule has 1 amide bonds. The van der Waals surface area contributed by atoms with Gasteiger partial charge in [-0.15, -0.1) is 11.3 Å². The Morgan fingerprint density at radius 2 is 2.05 bits per heavy atom. The van der Waals surface area contributed by atoms with Gasteiger partial charge in [0.15, 0.2) is 0 Å². The molecule has 20 heavy (non-hydrogen) atoms. The van der Waals surface area contributed by atoms with Crippen LogP contribution < -0.4 is 4.90 Å². The highest BCUT2D eigenvalue weighted by atomic mass is 32.1. The number of imidazole rings is 1. The highest BCUT2D eigenvalue weighted by Gasteiger charge is 2.27. The van der Waals surface area contributed by atoms with Crippen LogP contribution >= 0.6 is 11.3 Å². The number of aromatic nitrogens is 2. The van der Waals surface area contributed by atoms with Crippen LogP contribution in [0.15, 0.2) is 41.8 Å². The first-order chi connectivity index (χ1) is 9.84. The molecule has 3 heterocycles. The van der Waals surface area contributed by atoms with Gasteiger partial charge < -0.3 is 4.57 Å². The normalized spacial score (nSPS) is 14.5. The van der Waals surface area contributed by atoms with Crippen LogP contribution in [0.2, 0.25) is 0 Å². The summed E-state index contributed by atoms with van der Waals surface area (Å²) in [5.74, 6) is 0.826. The second-order valence-corrected chi connectivity index (χ2v) is 5.79. The van der Waals surface area contributed by atoms with Crippen LogP contribution in [-0.4, -0.2) is 22.0 Å². The molecule has 0 atom stereocenters. The van der Waals surface area contributed by atoms with Crippen molar-refractivity contribution >= 4 is 34.2 Å². The van der Waals surface area contributed by atoms with E-state index >= 15 is 0 Å². The van der Waals surface area contributed by atoms with E-state index in [4.69, 9.17) is 0 Å². The Labute approximate surface area is 120 Å². The molecule has 0 saturated heterocycles. The zero-order chi connectivity index (χ0) is 13.5. The summed E-state index contributed by atoms with van der Waals surface area (Å²) < 4.78 is 2.14. The standard InChI is InChI=1S/C15H13N3OS/c19-14(13-7-3-10-20-13)18-9-4-8-17-12-6-2-1-5-11(12)16-15(17)18/h1-3,5-7,10H,4,8-9H2. The molecule has 0 spiro atoms. The number of fused-ring (bicyclic) bond motifs is 3. The molecule has 0 fully saturated rings. The van der Waals surface area contributed by atoms with E-state index in [1.165, 1.54) is 11.3 Å².